The van der Waals surface area contributed by atoms with Crippen LogP contribution in [0.1, 0.15) is 10.4 Å². The van der Waals surface area contributed by atoms with Gasteiger partial charge in [-0.05, 0) is 18.2 Å². The summed E-state index contributed by atoms with van der Waals surface area (Å²) in [5, 5.41) is 0.667. The van der Waals surface area contributed by atoms with Gasteiger partial charge in [0.1, 0.15) is 12.4 Å². The highest BCUT2D eigenvalue weighted by Gasteiger charge is 2.04. The number of aromatic nitrogens is 1. The third-order valence-corrected chi connectivity index (χ3v) is 3.30. The molecule has 0 unspecified atom stereocenters. The molecule has 1 heterocycles. The molecule has 0 atom stereocenters. The molecule has 0 amide bonds. The molecule has 0 spiro atoms. The Morgan fingerprint density at radius 2 is 2.25 bits per heavy atom. The number of alkyl halides is 1. The maximum atomic E-state index is 5.87. The smallest absolute Gasteiger partial charge is 0.124 e. The quantitative estimate of drug-likeness (QED) is 0.782. The summed E-state index contributed by atoms with van der Waals surface area (Å²) < 4.78 is 5.65. The lowest BCUT2D eigenvalue weighted by atomic mass is 10.2. The van der Waals surface area contributed by atoms with E-state index in [1.807, 2.05) is 12.1 Å². The van der Waals surface area contributed by atoms with E-state index in [-0.39, 0.29) is 0 Å². The van der Waals surface area contributed by atoms with E-state index in [9.17, 15) is 0 Å². The fourth-order valence-corrected chi connectivity index (χ4v) is 2.16. The topological polar surface area (TPSA) is 22.1 Å². The Hall–Kier alpha value is -0.770. The lowest BCUT2D eigenvalue weighted by Gasteiger charge is -2.08. The van der Waals surface area contributed by atoms with Crippen molar-refractivity contribution in [2.24, 2.45) is 0 Å². The van der Waals surface area contributed by atoms with Gasteiger partial charge in [-0.2, -0.15) is 0 Å². The fourth-order valence-electron chi connectivity index (χ4n) is 1.26. The van der Waals surface area contributed by atoms with E-state index in [1.165, 1.54) is 0 Å². The van der Waals surface area contributed by atoms with E-state index < -0.39 is 0 Å². The van der Waals surface area contributed by atoms with E-state index in [4.69, 9.17) is 27.9 Å². The molecule has 84 valence electrons. The molecule has 0 N–H and O–H groups in total. The molecule has 0 saturated carbocycles. The van der Waals surface area contributed by atoms with Gasteiger partial charge in [-0.3, -0.25) is 4.98 Å². The summed E-state index contributed by atoms with van der Waals surface area (Å²) in [4.78, 5) is 5.06. The largest absolute Gasteiger partial charge is 0.488 e. The highest BCUT2D eigenvalue weighted by Crippen LogP contribution is 2.25. The molecule has 0 fully saturated rings. The minimum atomic E-state index is 0.387. The zero-order valence-electron chi connectivity index (χ0n) is 8.32. The second-order valence-electron chi connectivity index (χ2n) is 3.14. The molecule has 1 aromatic carbocycles. The number of hydrogen-bond acceptors (Lipinski definition) is 3. The van der Waals surface area contributed by atoms with Crippen molar-refractivity contribution in [3.05, 3.63) is 45.4 Å². The second kappa shape index (κ2) is 5.53. The maximum absolute atomic E-state index is 5.87. The monoisotopic (exact) mass is 273 g/mol. The van der Waals surface area contributed by atoms with Crippen LogP contribution in [0.3, 0.4) is 0 Å². The van der Waals surface area contributed by atoms with Crippen LogP contribution in [-0.2, 0) is 12.5 Å². The summed E-state index contributed by atoms with van der Waals surface area (Å²) in [6, 6.07) is 5.44. The SMILES string of the molecule is ClCc1cc(Cl)ccc1OCc1cncs1. The number of benzene rings is 1. The van der Waals surface area contributed by atoms with Crippen LogP contribution < -0.4 is 4.74 Å². The summed E-state index contributed by atoms with van der Waals surface area (Å²) in [5.41, 5.74) is 2.68. The van der Waals surface area contributed by atoms with E-state index in [1.54, 1.807) is 29.1 Å². The summed E-state index contributed by atoms with van der Waals surface area (Å²) in [6.07, 6.45) is 1.79. The molecule has 0 radical (unpaired) electrons. The van der Waals surface area contributed by atoms with Crippen molar-refractivity contribution in [3.63, 3.8) is 0 Å². The van der Waals surface area contributed by atoms with Crippen LogP contribution >= 0.6 is 34.5 Å². The van der Waals surface area contributed by atoms with Crippen molar-refractivity contribution in [1.82, 2.24) is 4.98 Å². The van der Waals surface area contributed by atoms with Crippen molar-refractivity contribution in [2.75, 3.05) is 0 Å². The van der Waals surface area contributed by atoms with Gasteiger partial charge in [-0.15, -0.1) is 22.9 Å². The summed E-state index contributed by atoms with van der Waals surface area (Å²) in [7, 11) is 0. The molecule has 0 saturated heterocycles. The third kappa shape index (κ3) is 2.88. The van der Waals surface area contributed by atoms with Crippen molar-refractivity contribution in [3.8, 4) is 5.75 Å². The molecular formula is C11H9Cl2NOS. The molecule has 1 aromatic heterocycles. The van der Waals surface area contributed by atoms with E-state index in [2.05, 4.69) is 4.98 Å². The third-order valence-electron chi connectivity index (χ3n) is 2.02. The zero-order chi connectivity index (χ0) is 11.4. The van der Waals surface area contributed by atoms with E-state index in [0.717, 1.165) is 16.2 Å². The molecule has 0 aliphatic heterocycles. The van der Waals surface area contributed by atoms with E-state index in [0.29, 0.717) is 17.5 Å². The molecule has 2 nitrogen and oxygen atoms in total. The van der Waals surface area contributed by atoms with Crippen LogP contribution in [0.25, 0.3) is 0 Å². The van der Waals surface area contributed by atoms with Crippen molar-refractivity contribution < 1.29 is 4.74 Å². The number of halogens is 2. The van der Waals surface area contributed by atoms with Crippen LogP contribution in [0.5, 0.6) is 5.75 Å². The lowest BCUT2D eigenvalue weighted by Crippen LogP contribution is -1.96. The Kier molecular flexibility index (Phi) is 4.04. The van der Waals surface area contributed by atoms with E-state index >= 15 is 0 Å². The van der Waals surface area contributed by atoms with Crippen LogP contribution in [0.4, 0.5) is 0 Å². The Morgan fingerprint density at radius 1 is 1.38 bits per heavy atom. The first kappa shape index (κ1) is 11.7. The molecule has 16 heavy (non-hydrogen) atoms. The Balaban J connectivity index is 2.09. The van der Waals surface area contributed by atoms with Gasteiger partial charge in [-0.1, -0.05) is 11.6 Å². The first-order chi connectivity index (χ1) is 7.79. The highest BCUT2D eigenvalue weighted by atomic mass is 35.5. The van der Waals surface area contributed by atoms with Crippen LogP contribution in [-0.4, -0.2) is 4.98 Å². The number of rotatable bonds is 4. The number of ether oxygens (including phenoxy) is 1. The first-order valence-electron chi connectivity index (χ1n) is 4.64. The summed E-state index contributed by atoms with van der Waals surface area (Å²) >= 11 is 13.3. The fraction of sp³-hybridized carbons (Fsp3) is 0.182. The number of hydrogen-bond donors (Lipinski definition) is 0. The highest BCUT2D eigenvalue weighted by molar-refractivity contribution is 7.09. The zero-order valence-corrected chi connectivity index (χ0v) is 10.6. The van der Waals surface area contributed by atoms with Crippen molar-refractivity contribution in [1.29, 1.82) is 0 Å². The van der Waals surface area contributed by atoms with Gasteiger partial charge in [-0.25, -0.2) is 0 Å². The molecule has 0 bridgehead atoms. The molecular weight excluding hydrogens is 265 g/mol. The molecule has 0 aliphatic rings. The summed E-state index contributed by atoms with van der Waals surface area (Å²) in [5.74, 6) is 1.16. The van der Waals surface area contributed by atoms with Gasteiger partial charge < -0.3 is 4.74 Å². The Labute approximate surface area is 108 Å². The van der Waals surface area contributed by atoms with Crippen LogP contribution in [0, 0.1) is 0 Å². The van der Waals surface area contributed by atoms with Gasteiger partial charge in [0.05, 0.1) is 16.3 Å². The van der Waals surface area contributed by atoms with Gasteiger partial charge in [0.15, 0.2) is 0 Å². The minimum absolute atomic E-state index is 0.387. The minimum Gasteiger partial charge on any atom is -0.488 e. The van der Waals surface area contributed by atoms with Crippen molar-refractivity contribution in [2.45, 2.75) is 12.5 Å². The van der Waals surface area contributed by atoms with Crippen LogP contribution in [0.15, 0.2) is 29.9 Å². The average molecular weight is 274 g/mol. The van der Waals surface area contributed by atoms with Gasteiger partial charge in [0.2, 0.25) is 0 Å². The van der Waals surface area contributed by atoms with Gasteiger partial charge in [0.25, 0.3) is 0 Å². The molecule has 5 heteroatoms. The molecule has 2 rings (SSSR count). The maximum Gasteiger partial charge on any atom is 0.124 e. The number of nitrogens with zero attached hydrogens (tertiary/aromatic N) is 1. The number of thiazole rings is 1. The lowest BCUT2D eigenvalue weighted by molar-refractivity contribution is 0.307. The van der Waals surface area contributed by atoms with Gasteiger partial charge >= 0.3 is 0 Å². The van der Waals surface area contributed by atoms with Crippen LogP contribution in [0.2, 0.25) is 5.02 Å². The van der Waals surface area contributed by atoms with Gasteiger partial charge in [0, 0.05) is 16.8 Å². The molecule has 2 aromatic rings. The first-order valence-corrected chi connectivity index (χ1v) is 6.43. The van der Waals surface area contributed by atoms with Crippen molar-refractivity contribution >= 4 is 34.5 Å². The standard InChI is InChI=1S/C11H9Cl2NOS/c12-4-8-3-9(13)1-2-11(8)15-6-10-5-14-7-16-10/h1-3,5,7H,4,6H2. The molecule has 0 aliphatic carbocycles. The Morgan fingerprint density at radius 3 is 2.94 bits per heavy atom. The second-order valence-corrected chi connectivity index (χ2v) is 4.82. The normalized spacial score (nSPS) is 10.4. The summed E-state index contributed by atoms with van der Waals surface area (Å²) in [6.45, 7) is 0.510. The average Bonchev–Trinajstić information content (AvgIpc) is 2.80. The predicted molar refractivity (Wildman–Crippen MR) is 67.5 cm³/mol. The predicted octanol–water partition coefficient (Wildman–Crippen LogP) is 4.11. The Bertz CT molecular complexity index is 459.